The van der Waals surface area contributed by atoms with Crippen molar-refractivity contribution in [3.63, 3.8) is 0 Å². The van der Waals surface area contributed by atoms with Crippen LogP contribution < -0.4 is 0 Å². The molecule has 4 rings (SSSR count). The summed E-state index contributed by atoms with van der Waals surface area (Å²) in [5.74, 6) is 0.261. The highest BCUT2D eigenvalue weighted by Gasteiger charge is 2.30. The van der Waals surface area contributed by atoms with Crippen LogP contribution in [0.25, 0.3) is 0 Å². The van der Waals surface area contributed by atoms with E-state index in [1.807, 2.05) is 4.90 Å². The molecule has 0 saturated carbocycles. The molecule has 1 amide bonds. The Hall–Kier alpha value is -1.65. The molecule has 0 aliphatic carbocycles. The fraction of sp³-hybridized carbons (Fsp3) is 0.381. The number of benzene rings is 2. The van der Waals surface area contributed by atoms with Gasteiger partial charge in [-0.05, 0) is 54.6 Å². The molecule has 130 valence electrons. The molecule has 2 heterocycles. The van der Waals surface area contributed by atoms with Gasteiger partial charge in [0, 0.05) is 23.6 Å². The van der Waals surface area contributed by atoms with E-state index in [2.05, 4.69) is 69.4 Å². The molecule has 0 bridgehead atoms. The van der Waals surface area contributed by atoms with Crippen molar-refractivity contribution < 1.29 is 4.79 Å². The molecule has 2 aromatic rings. The average molecular weight is 399 g/mol. The van der Waals surface area contributed by atoms with Gasteiger partial charge in [-0.2, -0.15) is 0 Å². The number of amides is 1. The highest BCUT2D eigenvalue weighted by molar-refractivity contribution is 9.10. The molecule has 2 aromatic carbocycles. The molecular weight excluding hydrogens is 376 g/mol. The van der Waals surface area contributed by atoms with Crippen molar-refractivity contribution in [1.82, 2.24) is 9.80 Å². The third kappa shape index (κ3) is 3.65. The number of fused-ring (bicyclic) bond motifs is 1. The summed E-state index contributed by atoms with van der Waals surface area (Å²) in [5.41, 5.74) is 4.00. The third-order valence-corrected chi connectivity index (χ3v) is 5.91. The lowest BCUT2D eigenvalue weighted by Crippen LogP contribution is -2.42. The quantitative estimate of drug-likeness (QED) is 0.774. The van der Waals surface area contributed by atoms with Gasteiger partial charge in [-0.3, -0.25) is 9.69 Å². The lowest BCUT2D eigenvalue weighted by Gasteiger charge is -2.32. The summed E-state index contributed by atoms with van der Waals surface area (Å²) in [4.78, 5) is 17.3. The summed E-state index contributed by atoms with van der Waals surface area (Å²) < 4.78 is 1.11. The minimum Gasteiger partial charge on any atom is -0.337 e. The summed E-state index contributed by atoms with van der Waals surface area (Å²) >= 11 is 3.56. The van der Waals surface area contributed by atoms with Crippen molar-refractivity contribution in [3.8, 4) is 0 Å². The lowest BCUT2D eigenvalue weighted by atomic mass is 10.00. The van der Waals surface area contributed by atoms with Crippen LogP contribution in [0.2, 0.25) is 0 Å². The molecule has 25 heavy (non-hydrogen) atoms. The van der Waals surface area contributed by atoms with E-state index in [1.54, 1.807) is 0 Å². The first kappa shape index (κ1) is 16.8. The number of rotatable bonds is 3. The number of hydrogen-bond donors (Lipinski definition) is 0. The zero-order valence-electron chi connectivity index (χ0n) is 14.3. The van der Waals surface area contributed by atoms with Crippen LogP contribution in [0, 0.1) is 0 Å². The van der Waals surface area contributed by atoms with Gasteiger partial charge in [0.1, 0.15) is 0 Å². The minimum atomic E-state index is 0.261. The van der Waals surface area contributed by atoms with Gasteiger partial charge in [0.15, 0.2) is 0 Å². The van der Waals surface area contributed by atoms with E-state index in [-0.39, 0.29) is 5.91 Å². The Labute approximate surface area is 157 Å². The Kier molecular flexibility index (Phi) is 4.91. The predicted molar refractivity (Wildman–Crippen MR) is 103 cm³/mol. The third-order valence-electron chi connectivity index (χ3n) is 5.42. The summed E-state index contributed by atoms with van der Waals surface area (Å²) in [5, 5.41) is 0. The van der Waals surface area contributed by atoms with E-state index in [9.17, 15) is 4.79 Å². The molecule has 0 radical (unpaired) electrons. The second-order valence-corrected chi connectivity index (χ2v) is 7.93. The molecule has 1 fully saturated rings. The highest BCUT2D eigenvalue weighted by Crippen LogP contribution is 2.33. The molecule has 1 atom stereocenters. The summed E-state index contributed by atoms with van der Waals surface area (Å²) in [7, 11) is 0. The molecular formula is C21H23BrN2O. The van der Waals surface area contributed by atoms with E-state index < -0.39 is 0 Å². The van der Waals surface area contributed by atoms with Gasteiger partial charge >= 0.3 is 0 Å². The maximum Gasteiger partial charge on any atom is 0.237 e. The molecule has 1 unspecified atom stereocenters. The zero-order chi connectivity index (χ0) is 17.2. The maximum atomic E-state index is 12.9. The van der Waals surface area contributed by atoms with Crippen molar-refractivity contribution >= 4 is 21.8 Å². The smallest absolute Gasteiger partial charge is 0.237 e. The van der Waals surface area contributed by atoms with E-state index in [4.69, 9.17) is 0 Å². The molecule has 0 spiro atoms. The minimum absolute atomic E-state index is 0.261. The van der Waals surface area contributed by atoms with Crippen LogP contribution in [-0.4, -0.2) is 35.3 Å². The molecule has 3 nitrogen and oxygen atoms in total. The second kappa shape index (κ2) is 7.30. The van der Waals surface area contributed by atoms with Gasteiger partial charge in [-0.25, -0.2) is 0 Å². The number of carbonyl (C=O) groups excluding carboxylic acids is 1. The van der Waals surface area contributed by atoms with Crippen molar-refractivity contribution in [3.05, 3.63) is 69.7 Å². The topological polar surface area (TPSA) is 23.6 Å². The van der Waals surface area contributed by atoms with Crippen LogP contribution >= 0.6 is 15.9 Å². The largest absolute Gasteiger partial charge is 0.337 e. The standard InChI is InChI=1S/C21H23BrN2O/c22-19-8-3-7-17(13-19)20-9-4-11-23(20)15-21(25)24-12-10-16-5-1-2-6-18(16)14-24/h1-3,5-8,13,20H,4,9-12,14-15H2. The zero-order valence-corrected chi connectivity index (χ0v) is 15.9. The van der Waals surface area contributed by atoms with E-state index in [0.717, 1.165) is 43.4 Å². The average Bonchev–Trinajstić information content (AvgIpc) is 3.09. The number of likely N-dealkylation sites (tertiary alicyclic amines) is 1. The Balaban J connectivity index is 1.44. The van der Waals surface area contributed by atoms with Crippen LogP contribution in [-0.2, 0) is 17.8 Å². The van der Waals surface area contributed by atoms with Crippen molar-refractivity contribution in [1.29, 1.82) is 0 Å². The number of hydrogen-bond acceptors (Lipinski definition) is 2. The van der Waals surface area contributed by atoms with Gasteiger partial charge in [0.05, 0.1) is 6.54 Å². The Bertz CT molecular complexity index is 776. The number of halogens is 1. The summed E-state index contributed by atoms with van der Waals surface area (Å²) in [6.45, 7) is 3.13. The first-order valence-electron chi connectivity index (χ1n) is 9.05. The summed E-state index contributed by atoms with van der Waals surface area (Å²) in [6, 6.07) is 17.3. The van der Waals surface area contributed by atoms with Gasteiger partial charge in [0.2, 0.25) is 5.91 Å². The van der Waals surface area contributed by atoms with Gasteiger partial charge in [-0.1, -0.05) is 52.3 Å². The van der Waals surface area contributed by atoms with Crippen LogP contribution in [0.15, 0.2) is 53.0 Å². The molecule has 4 heteroatoms. The normalized spacial score (nSPS) is 20.5. The van der Waals surface area contributed by atoms with Gasteiger partial charge in [0.25, 0.3) is 0 Å². The van der Waals surface area contributed by atoms with Crippen molar-refractivity contribution in [2.75, 3.05) is 19.6 Å². The first-order valence-corrected chi connectivity index (χ1v) is 9.84. The highest BCUT2D eigenvalue weighted by atomic mass is 79.9. The van der Waals surface area contributed by atoms with Gasteiger partial charge < -0.3 is 4.90 Å². The molecule has 2 aliphatic heterocycles. The predicted octanol–water partition coefficient (Wildman–Crippen LogP) is 4.17. The monoisotopic (exact) mass is 398 g/mol. The SMILES string of the molecule is O=C(CN1CCCC1c1cccc(Br)c1)N1CCc2ccccc2C1. The van der Waals surface area contributed by atoms with Gasteiger partial charge in [-0.15, -0.1) is 0 Å². The molecule has 0 N–H and O–H groups in total. The number of carbonyl (C=O) groups is 1. The first-order chi connectivity index (χ1) is 12.2. The lowest BCUT2D eigenvalue weighted by molar-refractivity contribution is -0.133. The Morgan fingerprint density at radius 3 is 2.76 bits per heavy atom. The van der Waals surface area contributed by atoms with Crippen LogP contribution in [0.1, 0.15) is 35.6 Å². The molecule has 1 saturated heterocycles. The Morgan fingerprint density at radius 2 is 1.92 bits per heavy atom. The Morgan fingerprint density at radius 1 is 1.08 bits per heavy atom. The van der Waals surface area contributed by atoms with E-state index >= 15 is 0 Å². The van der Waals surface area contributed by atoms with Crippen LogP contribution in [0.4, 0.5) is 0 Å². The molecule has 2 aliphatic rings. The second-order valence-electron chi connectivity index (χ2n) is 7.02. The van der Waals surface area contributed by atoms with Crippen molar-refractivity contribution in [2.24, 2.45) is 0 Å². The number of nitrogens with zero attached hydrogens (tertiary/aromatic N) is 2. The fourth-order valence-corrected chi connectivity index (χ4v) is 4.51. The van der Waals surface area contributed by atoms with Crippen LogP contribution in [0.5, 0.6) is 0 Å². The van der Waals surface area contributed by atoms with Crippen LogP contribution in [0.3, 0.4) is 0 Å². The summed E-state index contributed by atoms with van der Waals surface area (Å²) in [6.07, 6.45) is 3.26. The van der Waals surface area contributed by atoms with E-state index in [0.29, 0.717) is 12.6 Å². The van der Waals surface area contributed by atoms with Crippen molar-refractivity contribution in [2.45, 2.75) is 31.8 Å². The van der Waals surface area contributed by atoms with E-state index in [1.165, 1.54) is 16.7 Å². The molecule has 0 aromatic heterocycles. The fourth-order valence-electron chi connectivity index (χ4n) is 4.09. The maximum absolute atomic E-state index is 12.9.